The molecule has 62 heavy (non-hydrogen) atoms. The number of esters is 1. The number of aliphatic hydroxyl groups excluding tert-OH is 9. The Morgan fingerprint density at radius 1 is 0.565 bits per heavy atom. The van der Waals surface area contributed by atoms with Gasteiger partial charge in [-0.2, -0.15) is 0 Å². The van der Waals surface area contributed by atoms with Crippen LogP contribution in [0, 0.1) is 0 Å². The number of methoxy groups -OCH3 is 2. The molecule has 18 atom stereocenters. The molecule has 0 saturated carbocycles. The van der Waals surface area contributed by atoms with Gasteiger partial charge in [-0.25, -0.2) is 0 Å². The molecule has 3 heterocycles. The predicted octanol–water partition coefficient (Wildman–Crippen LogP) is -5.48. The molecule has 0 aromatic rings. The fraction of sp³-hybridized carbons (Fsp3) is 0.895. The number of carbonyl (C=O) groups excluding carboxylic acids is 4. The van der Waals surface area contributed by atoms with Gasteiger partial charge in [-0.05, 0) is 33.6 Å². The van der Waals surface area contributed by atoms with Crippen LogP contribution in [0.25, 0.3) is 0 Å². The minimum atomic E-state index is -1.78. The average molecular weight is 902 g/mol. The van der Waals surface area contributed by atoms with E-state index in [4.69, 9.17) is 38.3 Å². The van der Waals surface area contributed by atoms with Gasteiger partial charge in [-0.3, -0.25) is 19.2 Å². The highest BCUT2D eigenvalue weighted by Gasteiger charge is 2.54. The lowest BCUT2D eigenvalue weighted by molar-refractivity contribution is -0.375. The molecule has 360 valence electrons. The van der Waals surface area contributed by atoms with Crippen LogP contribution in [0.2, 0.25) is 0 Å². The number of ether oxygens (including phenoxy) is 8. The van der Waals surface area contributed by atoms with E-state index in [0.717, 1.165) is 0 Å². The number of unbranched alkanes of at least 4 members (excludes halogenated alkanes) is 2. The van der Waals surface area contributed by atoms with Gasteiger partial charge in [-0.1, -0.05) is 6.42 Å². The van der Waals surface area contributed by atoms with E-state index in [1.165, 1.54) is 35.0 Å². The lowest BCUT2D eigenvalue weighted by Gasteiger charge is -2.50. The number of hydrogen-bond acceptors (Lipinski definition) is 21. The molecule has 3 rings (SSSR count). The highest BCUT2D eigenvalue weighted by atomic mass is 16.8. The zero-order valence-corrected chi connectivity index (χ0v) is 35.6. The Labute approximate surface area is 359 Å². The van der Waals surface area contributed by atoms with E-state index >= 15 is 0 Å². The Morgan fingerprint density at radius 2 is 0.935 bits per heavy atom. The highest BCUT2D eigenvalue weighted by Crippen LogP contribution is 2.34. The monoisotopic (exact) mass is 901 g/mol. The third-order valence-corrected chi connectivity index (χ3v) is 10.9. The molecule has 3 aliphatic heterocycles. The molecule has 0 aromatic heterocycles. The van der Waals surface area contributed by atoms with Crippen LogP contribution in [0.15, 0.2) is 0 Å². The minimum Gasteiger partial charge on any atom is -0.469 e. The van der Waals surface area contributed by atoms with Crippen molar-refractivity contribution in [3.8, 4) is 0 Å². The van der Waals surface area contributed by atoms with Crippen LogP contribution in [0.4, 0.5) is 0 Å². The van der Waals surface area contributed by atoms with Gasteiger partial charge in [0.05, 0.1) is 43.5 Å². The summed E-state index contributed by atoms with van der Waals surface area (Å²) in [5.41, 5.74) is 0. The SMILES string of the molecule is COC(=O)CCCCCO[C@H]1O[C@H](C)[C@@H](NC(=O)[C@H](O)CCO)[C@H](O)[C@@H]1O[C@H]1O[C@H](C)[C@@H](NC(=O)[C@H](O)CCO)[C@H](O)[C@@H]1O[C@H]1O[C@H](C)[C@@H](NC(=O)[C@H](O)CCO)[C@H](O)[C@@H]1OC. The Hall–Kier alpha value is -2.76. The van der Waals surface area contributed by atoms with Gasteiger partial charge in [0.2, 0.25) is 17.7 Å². The molecule has 0 unspecified atom stereocenters. The van der Waals surface area contributed by atoms with Crippen LogP contribution < -0.4 is 16.0 Å². The summed E-state index contributed by atoms with van der Waals surface area (Å²) in [4.78, 5) is 50.0. The third-order valence-electron chi connectivity index (χ3n) is 10.9. The first kappa shape index (κ1) is 53.6. The molecule has 3 amide bonds. The van der Waals surface area contributed by atoms with Gasteiger partial charge >= 0.3 is 5.97 Å². The van der Waals surface area contributed by atoms with E-state index in [2.05, 4.69) is 20.7 Å². The number of carbonyl (C=O) groups is 4. The summed E-state index contributed by atoms with van der Waals surface area (Å²) in [6.07, 6.45) is -21.8. The van der Waals surface area contributed by atoms with Crippen LogP contribution >= 0.6 is 0 Å². The van der Waals surface area contributed by atoms with Crippen molar-refractivity contribution in [2.45, 2.75) is 176 Å². The maximum Gasteiger partial charge on any atom is 0.305 e. The molecule has 0 aliphatic carbocycles. The van der Waals surface area contributed by atoms with Gasteiger partial charge in [0.25, 0.3) is 0 Å². The second-order valence-corrected chi connectivity index (χ2v) is 15.4. The Morgan fingerprint density at radius 3 is 1.32 bits per heavy atom. The number of nitrogens with one attached hydrogen (secondary N) is 3. The summed E-state index contributed by atoms with van der Waals surface area (Å²) in [7, 11) is 2.47. The summed E-state index contributed by atoms with van der Waals surface area (Å²) < 4.78 is 47.1. The molecule has 24 nitrogen and oxygen atoms in total. The maximum absolute atomic E-state index is 12.9. The van der Waals surface area contributed by atoms with E-state index in [9.17, 15) is 60.0 Å². The van der Waals surface area contributed by atoms with E-state index in [-0.39, 0.29) is 38.3 Å². The number of hydrogen-bond donors (Lipinski definition) is 12. The summed E-state index contributed by atoms with van der Waals surface area (Å²) in [6, 6.07) is -3.78. The van der Waals surface area contributed by atoms with Crippen LogP contribution in [-0.2, 0) is 57.1 Å². The summed E-state index contributed by atoms with van der Waals surface area (Å²) in [5, 5.41) is 101. The van der Waals surface area contributed by atoms with Crippen molar-refractivity contribution in [3.63, 3.8) is 0 Å². The maximum atomic E-state index is 12.9. The second-order valence-electron chi connectivity index (χ2n) is 15.4. The quantitative estimate of drug-likeness (QED) is 0.0318. The third kappa shape index (κ3) is 14.6. The standard InChI is InChI=1S/C38H67N3O21/c1-17-25(40-34(53)21(46)11-14-43)28(50)31(36(58-17)57-16-8-6-7-9-23(48)55-4)61-38-32(29(51)26(19(3)60-38)41-35(54)22(47)12-15-44)62-37-30(56-5)27(49)24(18(2)59-37)39-33(52)20(45)10-13-42/h17-22,24-32,36-38,42-47,49-51H,6-16H2,1-5H3,(H,39,52)(H,40,53)(H,41,54)/t17-,18-,19-,20-,21-,22-,24-,25-,26-,27+,28+,29+,30+,31+,32+,36+,37-,38-/m1/s1. The van der Waals surface area contributed by atoms with Gasteiger partial charge in [0.15, 0.2) is 18.9 Å². The van der Waals surface area contributed by atoms with Crippen molar-refractivity contribution >= 4 is 23.7 Å². The van der Waals surface area contributed by atoms with Crippen molar-refractivity contribution in [1.82, 2.24) is 16.0 Å². The van der Waals surface area contributed by atoms with Crippen molar-refractivity contribution < 1.29 is 103 Å². The zero-order valence-electron chi connectivity index (χ0n) is 35.6. The molecular formula is C38H67N3O21. The van der Waals surface area contributed by atoms with Gasteiger partial charge in [-0.15, -0.1) is 0 Å². The molecule has 24 heteroatoms. The number of rotatable bonds is 24. The topological polar surface area (TPSA) is 360 Å². The lowest BCUT2D eigenvalue weighted by Crippen LogP contribution is -2.70. The molecule has 3 aliphatic rings. The molecule has 0 bridgehead atoms. The Bertz CT molecular complexity index is 1390. The molecule has 0 spiro atoms. The molecule has 0 aromatic carbocycles. The van der Waals surface area contributed by atoms with Crippen molar-refractivity contribution in [2.75, 3.05) is 40.6 Å². The Balaban J connectivity index is 1.98. The number of aliphatic hydroxyl groups is 9. The minimum absolute atomic E-state index is 0.0298. The van der Waals surface area contributed by atoms with E-state index in [1.807, 2.05) is 0 Å². The van der Waals surface area contributed by atoms with Crippen molar-refractivity contribution in [3.05, 3.63) is 0 Å². The fourth-order valence-corrected chi connectivity index (χ4v) is 7.25. The summed E-state index contributed by atoms with van der Waals surface area (Å²) in [5.74, 6) is -3.20. The second kappa shape index (κ2) is 26.3. The summed E-state index contributed by atoms with van der Waals surface area (Å²) in [6.45, 7) is 2.93. The summed E-state index contributed by atoms with van der Waals surface area (Å²) >= 11 is 0. The molecule has 3 saturated heterocycles. The van der Waals surface area contributed by atoms with Gasteiger partial charge < -0.3 is 99.8 Å². The van der Waals surface area contributed by atoms with E-state index < -0.39 is 148 Å². The van der Waals surface area contributed by atoms with Gasteiger partial charge in [0, 0.05) is 59.2 Å². The predicted molar refractivity (Wildman–Crippen MR) is 207 cm³/mol. The van der Waals surface area contributed by atoms with Crippen LogP contribution in [0.5, 0.6) is 0 Å². The molecular weight excluding hydrogens is 834 g/mol. The lowest BCUT2D eigenvalue weighted by atomic mass is 9.93. The Kier molecular flexibility index (Phi) is 22.7. The molecule has 12 N–H and O–H groups in total. The molecule has 3 fully saturated rings. The van der Waals surface area contributed by atoms with Crippen LogP contribution in [0.1, 0.15) is 65.7 Å². The van der Waals surface area contributed by atoms with E-state index in [1.54, 1.807) is 0 Å². The van der Waals surface area contributed by atoms with Crippen molar-refractivity contribution in [1.29, 1.82) is 0 Å². The normalized spacial score (nSPS) is 35.3. The fourth-order valence-electron chi connectivity index (χ4n) is 7.25. The number of amides is 3. The smallest absolute Gasteiger partial charge is 0.305 e. The first-order valence-corrected chi connectivity index (χ1v) is 20.7. The van der Waals surface area contributed by atoms with Crippen LogP contribution in [-0.4, -0.2) is 221 Å². The zero-order chi connectivity index (χ0) is 46.3. The first-order valence-electron chi connectivity index (χ1n) is 20.7. The largest absolute Gasteiger partial charge is 0.469 e. The highest BCUT2D eigenvalue weighted by molar-refractivity contribution is 5.81. The van der Waals surface area contributed by atoms with Gasteiger partial charge in [0.1, 0.15) is 54.9 Å². The molecule has 0 radical (unpaired) electrons. The van der Waals surface area contributed by atoms with E-state index in [0.29, 0.717) is 19.3 Å². The van der Waals surface area contributed by atoms with Crippen molar-refractivity contribution in [2.24, 2.45) is 0 Å². The average Bonchev–Trinajstić information content (AvgIpc) is 3.23. The van der Waals surface area contributed by atoms with Crippen LogP contribution in [0.3, 0.4) is 0 Å². The first-order chi connectivity index (χ1) is 29.4.